The van der Waals surface area contributed by atoms with Gasteiger partial charge in [0.1, 0.15) is 6.10 Å². The Hall–Kier alpha value is -1.57. The van der Waals surface area contributed by atoms with Gasteiger partial charge in [-0.15, -0.1) is 0 Å². The van der Waals surface area contributed by atoms with E-state index in [9.17, 15) is 14.2 Å². The third-order valence-electron chi connectivity index (χ3n) is 2.73. The minimum Gasteiger partial charge on any atom is -0.349 e. The van der Waals surface area contributed by atoms with E-state index in [1.165, 1.54) is 0 Å². The summed E-state index contributed by atoms with van der Waals surface area (Å²) in [6.45, 7) is -0.0625. The molecule has 0 fully saturated rings. The molecule has 1 aromatic carbocycles. The molecule has 0 saturated carbocycles. The highest BCUT2D eigenvalue weighted by Gasteiger charge is 2.28. The van der Waals surface area contributed by atoms with Crippen molar-refractivity contribution < 1.29 is 28.5 Å². The molecule has 9 heteroatoms. The summed E-state index contributed by atoms with van der Waals surface area (Å²) in [7, 11) is -4.84. The van der Waals surface area contributed by atoms with E-state index in [1.54, 1.807) is 30.3 Å². The first kappa shape index (κ1) is 18.5. The van der Waals surface area contributed by atoms with E-state index in [4.69, 9.17) is 15.5 Å². The van der Waals surface area contributed by atoms with Crippen molar-refractivity contribution in [3.05, 3.63) is 35.9 Å². The number of carbonyl (C=O) groups is 2. The number of Topliss-reactive ketones (excluding diaryl/α,β-unsaturated/α-hetero) is 1. The first-order valence-corrected chi connectivity index (χ1v) is 8.16. The fraction of sp³-hybridized carbons (Fsp3) is 0.385. The molecule has 0 aliphatic heterocycles. The smallest absolute Gasteiger partial charge is 0.349 e. The van der Waals surface area contributed by atoms with E-state index in [0.29, 0.717) is 12.0 Å². The van der Waals surface area contributed by atoms with Gasteiger partial charge in [0.25, 0.3) is 5.91 Å². The molecule has 0 spiro atoms. The van der Waals surface area contributed by atoms with Gasteiger partial charge in [0, 0.05) is 12.0 Å². The van der Waals surface area contributed by atoms with Crippen molar-refractivity contribution >= 4 is 19.5 Å². The number of hydrogen-bond acceptors (Lipinski definition) is 5. The molecule has 8 nitrogen and oxygen atoms in total. The number of nitrogens with one attached hydrogen (secondary N) is 1. The van der Waals surface area contributed by atoms with Crippen LogP contribution in [0, 0.1) is 0 Å². The minimum absolute atomic E-state index is 0.0162. The molecule has 0 aliphatic carbocycles. The molecule has 0 saturated heterocycles. The summed E-state index contributed by atoms with van der Waals surface area (Å²) in [6, 6.07) is 8.23. The fourth-order valence-corrected chi connectivity index (χ4v) is 2.21. The van der Waals surface area contributed by atoms with Crippen molar-refractivity contribution in [1.82, 2.24) is 5.32 Å². The summed E-state index contributed by atoms with van der Waals surface area (Å²) in [4.78, 5) is 41.4. The summed E-state index contributed by atoms with van der Waals surface area (Å²) in [5.41, 5.74) is 5.65. The second-order valence-corrected chi connectivity index (χ2v) is 5.71. The third kappa shape index (κ3) is 6.93. The van der Waals surface area contributed by atoms with Crippen LogP contribution >= 0.6 is 7.82 Å². The van der Waals surface area contributed by atoms with Crippen LogP contribution in [-0.2, 0) is 13.9 Å². The van der Waals surface area contributed by atoms with Gasteiger partial charge < -0.3 is 20.8 Å². The Labute approximate surface area is 127 Å². The summed E-state index contributed by atoms with van der Waals surface area (Å²) in [5, 5.41) is 2.42. The van der Waals surface area contributed by atoms with Crippen LogP contribution in [0.1, 0.15) is 23.2 Å². The molecule has 122 valence electrons. The van der Waals surface area contributed by atoms with Crippen molar-refractivity contribution in [3.8, 4) is 0 Å². The number of phosphoric ester groups is 1. The van der Waals surface area contributed by atoms with Crippen molar-refractivity contribution in [2.24, 2.45) is 5.73 Å². The molecular formula is C13H19N2O6P. The minimum atomic E-state index is -4.84. The van der Waals surface area contributed by atoms with Gasteiger partial charge in [0.05, 0.1) is 6.54 Å². The lowest BCUT2D eigenvalue weighted by Crippen LogP contribution is -2.38. The van der Waals surface area contributed by atoms with Gasteiger partial charge in [-0.05, 0) is 25.1 Å². The molecule has 0 bridgehead atoms. The van der Waals surface area contributed by atoms with E-state index in [-0.39, 0.29) is 19.5 Å². The molecule has 1 unspecified atom stereocenters. The number of hydrogen-bond donors (Lipinski definition) is 4. The van der Waals surface area contributed by atoms with Crippen molar-refractivity contribution in [1.29, 1.82) is 0 Å². The van der Waals surface area contributed by atoms with Crippen LogP contribution in [0.4, 0.5) is 0 Å². The van der Waals surface area contributed by atoms with Crippen molar-refractivity contribution in [2.45, 2.75) is 18.9 Å². The lowest BCUT2D eigenvalue weighted by atomic mass is 10.1. The maximum atomic E-state index is 11.9. The number of rotatable bonds is 9. The Balaban J connectivity index is 2.66. The monoisotopic (exact) mass is 330 g/mol. The zero-order chi connectivity index (χ0) is 16.6. The maximum absolute atomic E-state index is 11.9. The highest BCUT2D eigenvalue weighted by atomic mass is 31.2. The Morgan fingerprint density at radius 1 is 1.27 bits per heavy atom. The van der Waals surface area contributed by atoms with E-state index >= 15 is 0 Å². The SMILES string of the molecule is NCCCC(=O)C(CNC(=O)c1ccccc1)OP(=O)(O)O. The Bertz CT molecular complexity index is 545. The number of benzene rings is 1. The average molecular weight is 330 g/mol. The first-order valence-electron chi connectivity index (χ1n) is 6.63. The van der Waals surface area contributed by atoms with Gasteiger partial charge >= 0.3 is 7.82 Å². The molecule has 1 atom stereocenters. The molecule has 0 aliphatic rings. The quantitative estimate of drug-likeness (QED) is 0.474. The number of phosphoric acid groups is 1. The molecule has 0 radical (unpaired) electrons. The van der Waals surface area contributed by atoms with Crippen LogP contribution in [0.5, 0.6) is 0 Å². The van der Waals surface area contributed by atoms with E-state index < -0.39 is 25.6 Å². The van der Waals surface area contributed by atoms with Gasteiger partial charge in [0.2, 0.25) is 0 Å². The first-order chi connectivity index (χ1) is 10.3. The summed E-state index contributed by atoms with van der Waals surface area (Å²) >= 11 is 0. The van der Waals surface area contributed by atoms with Gasteiger partial charge in [0.15, 0.2) is 5.78 Å². The highest BCUT2D eigenvalue weighted by molar-refractivity contribution is 7.46. The van der Waals surface area contributed by atoms with Crippen LogP contribution in [0.25, 0.3) is 0 Å². The molecule has 5 N–H and O–H groups in total. The van der Waals surface area contributed by atoms with Crippen molar-refractivity contribution in [2.75, 3.05) is 13.1 Å². The second kappa shape index (κ2) is 8.77. The van der Waals surface area contributed by atoms with Crippen LogP contribution in [-0.4, -0.2) is 40.7 Å². The average Bonchev–Trinajstić information content (AvgIpc) is 2.48. The number of amides is 1. The molecule has 1 rings (SSSR count). The predicted molar refractivity (Wildman–Crippen MR) is 79.0 cm³/mol. The second-order valence-electron chi connectivity index (χ2n) is 4.52. The predicted octanol–water partition coefficient (Wildman–Crippen LogP) is 0.202. The Morgan fingerprint density at radius 2 is 1.91 bits per heavy atom. The largest absolute Gasteiger partial charge is 0.470 e. The molecule has 0 heterocycles. The number of carbonyl (C=O) groups excluding carboxylic acids is 2. The summed E-state index contributed by atoms with van der Waals surface area (Å²) in [5.74, 6) is -0.992. The Kier molecular flexibility index (Phi) is 7.37. The molecule has 22 heavy (non-hydrogen) atoms. The maximum Gasteiger partial charge on any atom is 0.470 e. The molecule has 1 amide bonds. The zero-order valence-electron chi connectivity index (χ0n) is 11.8. The van der Waals surface area contributed by atoms with E-state index in [0.717, 1.165) is 0 Å². The fourth-order valence-electron chi connectivity index (χ4n) is 1.69. The van der Waals surface area contributed by atoms with Crippen LogP contribution in [0.2, 0.25) is 0 Å². The zero-order valence-corrected chi connectivity index (χ0v) is 12.7. The summed E-state index contributed by atoms with van der Waals surface area (Å²) in [6.07, 6.45) is -1.03. The third-order valence-corrected chi connectivity index (χ3v) is 3.26. The molecule has 1 aromatic rings. The van der Waals surface area contributed by atoms with E-state index in [1.807, 2.05) is 0 Å². The van der Waals surface area contributed by atoms with Crippen molar-refractivity contribution in [3.63, 3.8) is 0 Å². The highest BCUT2D eigenvalue weighted by Crippen LogP contribution is 2.37. The van der Waals surface area contributed by atoms with Gasteiger partial charge in [-0.1, -0.05) is 18.2 Å². The van der Waals surface area contributed by atoms with E-state index in [2.05, 4.69) is 9.84 Å². The topological polar surface area (TPSA) is 139 Å². The normalized spacial score (nSPS) is 12.7. The molecule has 0 aromatic heterocycles. The lowest BCUT2D eigenvalue weighted by molar-refractivity contribution is -0.126. The van der Waals surface area contributed by atoms with Crippen LogP contribution in [0.15, 0.2) is 30.3 Å². The Morgan fingerprint density at radius 3 is 2.45 bits per heavy atom. The molecular weight excluding hydrogens is 311 g/mol. The van der Waals surface area contributed by atoms with Gasteiger partial charge in [-0.2, -0.15) is 0 Å². The number of nitrogens with two attached hydrogens (primary N) is 1. The van der Waals surface area contributed by atoms with Gasteiger partial charge in [-0.3, -0.25) is 14.1 Å². The standard InChI is InChI=1S/C13H19N2O6P/c14-8-4-7-11(16)12(21-22(18,19)20)9-15-13(17)10-5-2-1-3-6-10/h1-3,5-6,12H,4,7-9,14H2,(H,15,17)(H2,18,19,20). The number of ketones is 1. The summed E-state index contributed by atoms with van der Waals surface area (Å²) < 4.78 is 15.4. The lowest BCUT2D eigenvalue weighted by Gasteiger charge is -2.17. The van der Waals surface area contributed by atoms with Crippen LogP contribution in [0.3, 0.4) is 0 Å². The van der Waals surface area contributed by atoms with Crippen LogP contribution < -0.4 is 11.1 Å². The van der Waals surface area contributed by atoms with Gasteiger partial charge in [-0.25, -0.2) is 4.57 Å².